The van der Waals surface area contributed by atoms with E-state index < -0.39 is 6.04 Å². The normalized spacial score (nSPS) is 12.2. The highest BCUT2D eigenvalue weighted by Crippen LogP contribution is 2.33. The Labute approximate surface area is 125 Å². The molecule has 2 rings (SSSR count). The zero-order valence-electron chi connectivity index (χ0n) is 10.1. The summed E-state index contributed by atoms with van der Waals surface area (Å²) in [6.45, 7) is 1.84. The van der Waals surface area contributed by atoms with Crippen molar-refractivity contribution in [1.82, 2.24) is 0 Å². The highest BCUT2D eigenvalue weighted by Gasteiger charge is 2.19. The number of thiophene rings is 1. The lowest BCUT2D eigenvalue weighted by atomic mass is 10.2. The smallest absolute Gasteiger partial charge is 0.246 e. The minimum atomic E-state index is -0.729. The SMILES string of the molecule is Cc1ccc(Cl)c(NC(=O)C(N)c2cccs2)c1Cl. The van der Waals surface area contributed by atoms with Gasteiger partial charge in [0.2, 0.25) is 5.91 Å². The molecule has 0 aliphatic rings. The van der Waals surface area contributed by atoms with E-state index >= 15 is 0 Å². The molecule has 0 aliphatic heterocycles. The van der Waals surface area contributed by atoms with E-state index in [1.807, 2.05) is 24.4 Å². The minimum absolute atomic E-state index is 0.336. The summed E-state index contributed by atoms with van der Waals surface area (Å²) in [7, 11) is 0. The van der Waals surface area contributed by atoms with Crippen LogP contribution >= 0.6 is 34.5 Å². The van der Waals surface area contributed by atoms with Crippen LogP contribution < -0.4 is 11.1 Å². The summed E-state index contributed by atoms with van der Waals surface area (Å²) in [4.78, 5) is 12.9. The molecular formula is C13H12Cl2N2OS. The number of carbonyl (C=O) groups is 1. The first-order chi connectivity index (χ1) is 9.00. The van der Waals surface area contributed by atoms with Crippen LogP contribution in [0.25, 0.3) is 0 Å². The van der Waals surface area contributed by atoms with E-state index in [2.05, 4.69) is 5.32 Å². The third-order valence-corrected chi connectivity index (χ3v) is 4.42. The number of anilines is 1. The van der Waals surface area contributed by atoms with Gasteiger partial charge in [0, 0.05) is 4.88 Å². The van der Waals surface area contributed by atoms with Crippen molar-refractivity contribution in [3.8, 4) is 0 Å². The number of benzene rings is 1. The minimum Gasteiger partial charge on any atom is -0.322 e. The predicted octanol–water partition coefficient (Wildman–Crippen LogP) is 4.00. The van der Waals surface area contributed by atoms with Crippen LogP contribution in [0.15, 0.2) is 29.6 Å². The molecule has 1 aromatic heterocycles. The number of nitrogens with one attached hydrogen (secondary N) is 1. The van der Waals surface area contributed by atoms with Gasteiger partial charge in [0.05, 0.1) is 15.7 Å². The second-order valence-electron chi connectivity index (χ2n) is 4.04. The summed E-state index contributed by atoms with van der Waals surface area (Å²) < 4.78 is 0. The van der Waals surface area contributed by atoms with Crippen molar-refractivity contribution >= 4 is 46.1 Å². The monoisotopic (exact) mass is 314 g/mol. The molecular weight excluding hydrogens is 303 g/mol. The summed E-state index contributed by atoms with van der Waals surface area (Å²) in [6.07, 6.45) is 0. The Kier molecular flexibility index (Phi) is 4.47. The van der Waals surface area contributed by atoms with Gasteiger partial charge in [-0.15, -0.1) is 11.3 Å². The summed E-state index contributed by atoms with van der Waals surface area (Å²) in [5, 5.41) is 5.38. The van der Waals surface area contributed by atoms with Crippen molar-refractivity contribution in [3.63, 3.8) is 0 Å². The standard InChI is InChI=1S/C13H12Cl2N2OS/c1-7-4-5-8(14)12(10(7)15)17-13(18)11(16)9-3-2-6-19-9/h2-6,11H,16H2,1H3,(H,17,18). The van der Waals surface area contributed by atoms with Gasteiger partial charge in [0.25, 0.3) is 0 Å². The van der Waals surface area contributed by atoms with Crippen molar-refractivity contribution < 1.29 is 4.79 Å². The van der Waals surface area contributed by atoms with Gasteiger partial charge in [-0.25, -0.2) is 0 Å². The van der Waals surface area contributed by atoms with E-state index in [0.717, 1.165) is 10.4 Å². The molecule has 0 bridgehead atoms. The number of nitrogens with two attached hydrogens (primary N) is 1. The lowest BCUT2D eigenvalue weighted by Crippen LogP contribution is -2.27. The van der Waals surface area contributed by atoms with E-state index in [4.69, 9.17) is 28.9 Å². The van der Waals surface area contributed by atoms with Crippen molar-refractivity contribution in [2.75, 3.05) is 5.32 Å². The van der Waals surface area contributed by atoms with Crippen molar-refractivity contribution in [2.45, 2.75) is 13.0 Å². The van der Waals surface area contributed by atoms with Crippen LogP contribution in [-0.4, -0.2) is 5.91 Å². The molecule has 3 nitrogen and oxygen atoms in total. The lowest BCUT2D eigenvalue weighted by molar-refractivity contribution is -0.117. The molecule has 1 heterocycles. The Balaban J connectivity index is 2.22. The average molecular weight is 315 g/mol. The molecule has 19 heavy (non-hydrogen) atoms. The maximum Gasteiger partial charge on any atom is 0.246 e. The quantitative estimate of drug-likeness (QED) is 0.899. The van der Waals surface area contributed by atoms with Crippen LogP contribution in [0, 0.1) is 6.92 Å². The summed E-state index contributed by atoms with van der Waals surface area (Å²) >= 11 is 13.6. The van der Waals surface area contributed by atoms with Gasteiger partial charge in [-0.3, -0.25) is 4.79 Å². The number of carbonyl (C=O) groups excluding carboxylic acids is 1. The molecule has 0 radical (unpaired) electrons. The van der Waals surface area contributed by atoms with Crippen LogP contribution in [0.3, 0.4) is 0 Å². The molecule has 6 heteroatoms. The second-order valence-corrected chi connectivity index (χ2v) is 5.80. The molecule has 100 valence electrons. The zero-order chi connectivity index (χ0) is 14.0. The Hall–Kier alpha value is -1.07. The zero-order valence-corrected chi connectivity index (χ0v) is 12.4. The number of hydrogen-bond donors (Lipinski definition) is 2. The van der Waals surface area contributed by atoms with Crippen LogP contribution in [0.4, 0.5) is 5.69 Å². The number of aryl methyl sites for hydroxylation is 1. The topological polar surface area (TPSA) is 55.1 Å². The molecule has 3 N–H and O–H groups in total. The van der Waals surface area contributed by atoms with E-state index in [-0.39, 0.29) is 5.91 Å². The molecule has 0 saturated carbocycles. The summed E-state index contributed by atoms with van der Waals surface area (Å²) in [5.41, 5.74) is 7.12. The third kappa shape index (κ3) is 3.09. The van der Waals surface area contributed by atoms with Gasteiger partial charge in [-0.1, -0.05) is 35.3 Å². The maximum absolute atomic E-state index is 12.1. The number of amides is 1. The van der Waals surface area contributed by atoms with Gasteiger partial charge >= 0.3 is 0 Å². The highest BCUT2D eigenvalue weighted by molar-refractivity contribution is 7.10. The van der Waals surface area contributed by atoms with Crippen molar-refractivity contribution in [3.05, 3.63) is 50.1 Å². The van der Waals surface area contributed by atoms with E-state index in [9.17, 15) is 4.79 Å². The van der Waals surface area contributed by atoms with Gasteiger partial charge in [0.1, 0.15) is 6.04 Å². The summed E-state index contributed by atoms with van der Waals surface area (Å²) in [5.74, 6) is -0.336. The number of hydrogen-bond acceptors (Lipinski definition) is 3. The van der Waals surface area contributed by atoms with Gasteiger partial charge in [0.15, 0.2) is 0 Å². The molecule has 2 aromatic rings. The van der Waals surface area contributed by atoms with Gasteiger partial charge in [-0.2, -0.15) is 0 Å². The van der Waals surface area contributed by atoms with E-state index in [0.29, 0.717) is 15.7 Å². The van der Waals surface area contributed by atoms with Crippen LogP contribution in [-0.2, 0) is 4.79 Å². The Morgan fingerprint density at radius 3 is 2.74 bits per heavy atom. The highest BCUT2D eigenvalue weighted by atomic mass is 35.5. The molecule has 1 aromatic carbocycles. The van der Waals surface area contributed by atoms with Gasteiger partial charge in [-0.05, 0) is 30.0 Å². The molecule has 0 saturated heterocycles. The van der Waals surface area contributed by atoms with E-state index in [1.54, 1.807) is 12.1 Å². The molecule has 1 amide bonds. The fraction of sp³-hybridized carbons (Fsp3) is 0.154. The van der Waals surface area contributed by atoms with Crippen LogP contribution in [0.5, 0.6) is 0 Å². The number of halogens is 2. The molecule has 0 spiro atoms. The molecule has 0 fully saturated rings. The van der Waals surface area contributed by atoms with Crippen LogP contribution in [0.1, 0.15) is 16.5 Å². The Morgan fingerprint density at radius 2 is 2.11 bits per heavy atom. The van der Waals surface area contributed by atoms with Crippen molar-refractivity contribution in [1.29, 1.82) is 0 Å². The Bertz CT molecular complexity index is 599. The Morgan fingerprint density at radius 1 is 1.37 bits per heavy atom. The first kappa shape index (κ1) is 14.3. The maximum atomic E-state index is 12.1. The van der Waals surface area contributed by atoms with Crippen LogP contribution in [0.2, 0.25) is 10.0 Å². The largest absolute Gasteiger partial charge is 0.322 e. The lowest BCUT2D eigenvalue weighted by Gasteiger charge is -2.14. The molecule has 1 unspecified atom stereocenters. The fourth-order valence-electron chi connectivity index (χ4n) is 1.57. The third-order valence-electron chi connectivity index (χ3n) is 2.66. The number of rotatable bonds is 3. The fourth-order valence-corrected chi connectivity index (χ4v) is 2.76. The first-order valence-corrected chi connectivity index (χ1v) is 7.18. The second kappa shape index (κ2) is 5.92. The molecule has 1 atom stereocenters. The molecule has 0 aliphatic carbocycles. The van der Waals surface area contributed by atoms with Gasteiger partial charge < -0.3 is 11.1 Å². The van der Waals surface area contributed by atoms with E-state index in [1.165, 1.54) is 11.3 Å². The first-order valence-electron chi connectivity index (χ1n) is 5.55. The average Bonchev–Trinajstić information content (AvgIpc) is 2.92. The predicted molar refractivity (Wildman–Crippen MR) is 81.1 cm³/mol. The van der Waals surface area contributed by atoms with Crippen molar-refractivity contribution in [2.24, 2.45) is 5.73 Å². The summed E-state index contributed by atoms with van der Waals surface area (Å²) in [6, 6.07) is 6.41.